The molecule has 2 nitrogen and oxygen atoms in total. The van der Waals surface area contributed by atoms with Crippen LogP contribution in [0.3, 0.4) is 0 Å². The van der Waals surface area contributed by atoms with Gasteiger partial charge in [0.15, 0.2) is 0 Å². The second-order valence-corrected chi connectivity index (χ2v) is 3.33. The summed E-state index contributed by atoms with van der Waals surface area (Å²) in [6, 6.07) is 0. The van der Waals surface area contributed by atoms with Crippen LogP contribution >= 0.6 is 0 Å². The highest BCUT2D eigenvalue weighted by molar-refractivity contribution is 4.89. The van der Waals surface area contributed by atoms with Gasteiger partial charge in [-0.05, 0) is 44.3 Å². The molecule has 0 aromatic heterocycles. The molecule has 2 fully saturated rings. The minimum absolute atomic E-state index is 0.856. The maximum atomic E-state index is 3.44. The first-order valence-corrected chi connectivity index (χ1v) is 4.24. The highest BCUT2D eigenvalue weighted by Gasteiger charge is 2.26. The molecule has 2 aliphatic rings. The van der Waals surface area contributed by atoms with E-state index in [1.54, 1.807) is 0 Å². The molecule has 0 spiro atoms. The number of rotatable bonds is 0. The fourth-order valence-electron chi connectivity index (χ4n) is 1.98. The van der Waals surface area contributed by atoms with Crippen LogP contribution in [0.5, 0.6) is 0 Å². The summed E-state index contributed by atoms with van der Waals surface area (Å²) in [6.07, 6.45) is 2.69. The molecular weight excluding hydrogens is 124 g/mol. The fourth-order valence-corrected chi connectivity index (χ4v) is 1.98. The van der Waals surface area contributed by atoms with Crippen LogP contribution < -0.4 is 10.6 Å². The van der Waals surface area contributed by atoms with Gasteiger partial charge in [-0.3, -0.25) is 0 Å². The zero-order valence-electron chi connectivity index (χ0n) is 6.27. The van der Waals surface area contributed by atoms with Crippen LogP contribution in [0.2, 0.25) is 0 Å². The van der Waals surface area contributed by atoms with E-state index in [4.69, 9.17) is 0 Å². The topological polar surface area (TPSA) is 24.1 Å². The predicted octanol–water partition coefficient (Wildman–Crippen LogP) is 0.367. The summed E-state index contributed by atoms with van der Waals surface area (Å²) in [5.41, 5.74) is 0. The van der Waals surface area contributed by atoms with Gasteiger partial charge in [-0.15, -0.1) is 0 Å². The van der Waals surface area contributed by atoms with Crippen molar-refractivity contribution >= 4 is 0 Å². The lowest BCUT2D eigenvalue weighted by atomic mass is 9.82. The van der Waals surface area contributed by atoms with Gasteiger partial charge < -0.3 is 10.6 Å². The Balaban J connectivity index is 1.93. The van der Waals surface area contributed by atoms with Gasteiger partial charge in [-0.2, -0.15) is 0 Å². The van der Waals surface area contributed by atoms with E-state index in [1.165, 1.54) is 32.5 Å². The van der Waals surface area contributed by atoms with Gasteiger partial charge in [0.25, 0.3) is 0 Å². The third-order valence-corrected chi connectivity index (χ3v) is 2.66. The van der Waals surface area contributed by atoms with Crippen molar-refractivity contribution in [1.29, 1.82) is 0 Å². The number of hydrogen-bond donors (Lipinski definition) is 2. The number of piperidine rings is 2. The number of hydrogen-bond acceptors (Lipinski definition) is 2. The molecule has 2 aliphatic heterocycles. The lowest BCUT2D eigenvalue weighted by molar-refractivity contribution is 0.232. The van der Waals surface area contributed by atoms with Crippen molar-refractivity contribution in [2.24, 2.45) is 11.8 Å². The van der Waals surface area contributed by atoms with Crippen LogP contribution in [-0.2, 0) is 0 Å². The molecule has 1 radical (unpaired) electrons. The molecule has 2 rings (SSSR count). The molecule has 0 aromatic carbocycles. The highest BCUT2D eigenvalue weighted by Crippen LogP contribution is 2.26. The van der Waals surface area contributed by atoms with E-state index < -0.39 is 0 Å². The Morgan fingerprint density at radius 2 is 2.20 bits per heavy atom. The van der Waals surface area contributed by atoms with Gasteiger partial charge >= 0.3 is 0 Å². The van der Waals surface area contributed by atoms with Crippen LogP contribution in [0.1, 0.15) is 12.8 Å². The molecule has 2 atom stereocenters. The van der Waals surface area contributed by atoms with E-state index in [1.807, 2.05) is 0 Å². The summed E-state index contributed by atoms with van der Waals surface area (Å²) in [5.74, 6) is 1.78. The smallest absolute Gasteiger partial charge is 0.0255 e. The molecule has 2 heterocycles. The molecule has 0 aromatic rings. The van der Waals surface area contributed by atoms with E-state index in [9.17, 15) is 0 Å². The fraction of sp³-hybridized carbons (Fsp3) is 0.875. The maximum Gasteiger partial charge on any atom is 0.0255 e. The normalized spacial score (nSPS) is 40.8. The van der Waals surface area contributed by atoms with Crippen molar-refractivity contribution in [1.82, 2.24) is 10.6 Å². The Morgan fingerprint density at radius 1 is 1.20 bits per heavy atom. The van der Waals surface area contributed by atoms with Gasteiger partial charge in [-0.25, -0.2) is 0 Å². The largest absolute Gasteiger partial charge is 0.316 e. The zero-order valence-corrected chi connectivity index (χ0v) is 6.27. The van der Waals surface area contributed by atoms with Crippen LogP contribution in [0.25, 0.3) is 0 Å². The monoisotopic (exact) mass is 139 g/mol. The number of fused-ring (bicyclic) bond motifs is 1. The molecule has 0 saturated carbocycles. The summed E-state index contributed by atoms with van der Waals surface area (Å²) in [5, 5.41) is 6.77. The quantitative estimate of drug-likeness (QED) is 0.506. The minimum atomic E-state index is 0.856. The average molecular weight is 139 g/mol. The van der Waals surface area contributed by atoms with Crippen molar-refractivity contribution in [3.8, 4) is 0 Å². The second kappa shape index (κ2) is 2.89. The van der Waals surface area contributed by atoms with Gasteiger partial charge in [0, 0.05) is 6.54 Å². The summed E-state index contributed by atoms with van der Waals surface area (Å²) in [6.45, 7) is 5.93. The second-order valence-electron chi connectivity index (χ2n) is 3.33. The van der Waals surface area contributed by atoms with Crippen LogP contribution in [0.15, 0.2) is 0 Å². The van der Waals surface area contributed by atoms with E-state index >= 15 is 0 Å². The Bertz CT molecular complexity index is 87.8. The van der Waals surface area contributed by atoms with E-state index in [-0.39, 0.29) is 0 Å². The molecular formula is C8H15N2. The molecule has 2 heteroatoms. The van der Waals surface area contributed by atoms with Crippen molar-refractivity contribution in [3.63, 3.8) is 0 Å². The summed E-state index contributed by atoms with van der Waals surface area (Å²) in [4.78, 5) is 0. The van der Waals surface area contributed by atoms with Gasteiger partial charge in [0.05, 0.1) is 0 Å². The molecule has 2 N–H and O–H groups in total. The first-order chi connectivity index (χ1) is 4.97. The van der Waals surface area contributed by atoms with Crippen LogP contribution in [-0.4, -0.2) is 19.6 Å². The van der Waals surface area contributed by atoms with Gasteiger partial charge in [0.2, 0.25) is 0 Å². The summed E-state index contributed by atoms with van der Waals surface area (Å²) < 4.78 is 0. The highest BCUT2D eigenvalue weighted by atomic mass is 14.9. The molecule has 0 amide bonds. The lowest BCUT2D eigenvalue weighted by Gasteiger charge is -2.35. The molecule has 2 unspecified atom stereocenters. The van der Waals surface area contributed by atoms with Crippen molar-refractivity contribution in [2.45, 2.75) is 12.8 Å². The average Bonchev–Trinajstić information content (AvgIpc) is 2.05. The van der Waals surface area contributed by atoms with Crippen LogP contribution in [0.4, 0.5) is 0 Å². The minimum Gasteiger partial charge on any atom is -0.316 e. The van der Waals surface area contributed by atoms with Crippen molar-refractivity contribution in [3.05, 3.63) is 6.54 Å². The van der Waals surface area contributed by atoms with Gasteiger partial charge in [0.1, 0.15) is 0 Å². The molecule has 10 heavy (non-hydrogen) atoms. The molecule has 0 bridgehead atoms. The summed E-state index contributed by atoms with van der Waals surface area (Å²) >= 11 is 0. The Labute approximate surface area is 62.4 Å². The Morgan fingerprint density at radius 3 is 3.10 bits per heavy atom. The van der Waals surface area contributed by atoms with E-state index in [2.05, 4.69) is 17.2 Å². The Hall–Kier alpha value is -0.0800. The first-order valence-electron chi connectivity index (χ1n) is 4.24. The first kappa shape index (κ1) is 6.62. The summed E-state index contributed by atoms with van der Waals surface area (Å²) in [7, 11) is 0. The van der Waals surface area contributed by atoms with Crippen molar-refractivity contribution < 1.29 is 0 Å². The molecule has 0 aliphatic carbocycles. The molecule has 57 valence electrons. The van der Waals surface area contributed by atoms with Crippen LogP contribution in [0, 0.1) is 18.4 Å². The maximum absolute atomic E-state index is 3.44. The van der Waals surface area contributed by atoms with E-state index in [0.717, 1.165) is 11.8 Å². The van der Waals surface area contributed by atoms with Crippen molar-refractivity contribution in [2.75, 3.05) is 19.6 Å². The number of nitrogens with one attached hydrogen (secondary N) is 2. The lowest BCUT2D eigenvalue weighted by Crippen LogP contribution is -2.43. The third kappa shape index (κ3) is 1.18. The zero-order chi connectivity index (χ0) is 6.81. The van der Waals surface area contributed by atoms with Gasteiger partial charge in [-0.1, -0.05) is 0 Å². The third-order valence-electron chi connectivity index (χ3n) is 2.66. The molecule has 2 saturated heterocycles. The van der Waals surface area contributed by atoms with E-state index in [0.29, 0.717) is 0 Å². The Kier molecular flexibility index (Phi) is 1.91. The SMILES string of the molecule is [CH]1NCCC2CNCCC12. The predicted molar refractivity (Wildman–Crippen MR) is 41.4 cm³/mol. The standard InChI is InChI=1S/C8H15N2/c1-3-9-6-8-2-4-10-5-7(1)8/h5,7-10H,1-4,6H2.